The second-order valence-electron chi connectivity index (χ2n) is 5.69. The van der Waals surface area contributed by atoms with Crippen molar-refractivity contribution in [3.05, 3.63) is 21.4 Å². The SMILES string of the molecule is CCC1(CNCc2cc(C)c(C)s2)CCCNC1. The molecule has 2 heterocycles. The predicted octanol–water partition coefficient (Wildman–Crippen LogP) is 3.23. The van der Waals surface area contributed by atoms with E-state index >= 15 is 0 Å². The molecule has 2 rings (SSSR count). The lowest BCUT2D eigenvalue weighted by Gasteiger charge is -2.37. The lowest BCUT2D eigenvalue weighted by atomic mass is 9.78. The van der Waals surface area contributed by atoms with Gasteiger partial charge in [-0.25, -0.2) is 0 Å². The minimum absolute atomic E-state index is 0.486. The van der Waals surface area contributed by atoms with Crippen molar-refractivity contribution in [3.63, 3.8) is 0 Å². The van der Waals surface area contributed by atoms with Crippen molar-refractivity contribution < 1.29 is 0 Å². The van der Waals surface area contributed by atoms with Crippen LogP contribution in [0.2, 0.25) is 0 Å². The molecule has 1 atom stereocenters. The van der Waals surface area contributed by atoms with E-state index in [1.54, 1.807) is 0 Å². The van der Waals surface area contributed by atoms with Crippen LogP contribution in [0.5, 0.6) is 0 Å². The van der Waals surface area contributed by atoms with Crippen LogP contribution in [0, 0.1) is 19.3 Å². The Morgan fingerprint density at radius 2 is 2.28 bits per heavy atom. The molecule has 1 aromatic heterocycles. The molecule has 3 heteroatoms. The van der Waals surface area contributed by atoms with Crippen molar-refractivity contribution in [1.82, 2.24) is 10.6 Å². The molecule has 0 amide bonds. The summed E-state index contributed by atoms with van der Waals surface area (Å²) in [6, 6.07) is 2.32. The zero-order chi connectivity index (χ0) is 13.0. The van der Waals surface area contributed by atoms with E-state index < -0.39 is 0 Å². The van der Waals surface area contributed by atoms with Gasteiger partial charge in [-0.2, -0.15) is 0 Å². The number of thiophene rings is 1. The molecule has 0 aromatic carbocycles. The normalized spacial score (nSPS) is 24.4. The molecule has 1 aliphatic heterocycles. The third-order valence-corrected chi connectivity index (χ3v) is 5.48. The third-order valence-electron chi connectivity index (χ3n) is 4.33. The number of nitrogens with one attached hydrogen (secondary N) is 2. The zero-order valence-corrected chi connectivity index (χ0v) is 12.8. The molecular formula is C15H26N2S. The number of hydrogen-bond acceptors (Lipinski definition) is 3. The first-order valence-corrected chi connectivity index (χ1v) is 7.94. The quantitative estimate of drug-likeness (QED) is 0.855. The summed E-state index contributed by atoms with van der Waals surface area (Å²) >= 11 is 1.93. The van der Waals surface area contributed by atoms with E-state index in [0.29, 0.717) is 5.41 Å². The smallest absolute Gasteiger partial charge is 0.0300 e. The van der Waals surface area contributed by atoms with Gasteiger partial charge in [0.1, 0.15) is 0 Å². The van der Waals surface area contributed by atoms with Gasteiger partial charge in [-0.15, -0.1) is 11.3 Å². The molecule has 0 radical (unpaired) electrons. The van der Waals surface area contributed by atoms with Crippen LogP contribution in [0.15, 0.2) is 6.07 Å². The number of piperidine rings is 1. The third kappa shape index (κ3) is 3.34. The van der Waals surface area contributed by atoms with Crippen LogP contribution in [-0.4, -0.2) is 19.6 Å². The second kappa shape index (κ2) is 6.18. The van der Waals surface area contributed by atoms with Crippen molar-refractivity contribution >= 4 is 11.3 Å². The highest BCUT2D eigenvalue weighted by Gasteiger charge is 2.29. The highest BCUT2D eigenvalue weighted by atomic mass is 32.1. The molecule has 0 saturated carbocycles. The summed E-state index contributed by atoms with van der Waals surface area (Å²) < 4.78 is 0. The van der Waals surface area contributed by atoms with Crippen molar-refractivity contribution in [2.45, 2.75) is 46.6 Å². The van der Waals surface area contributed by atoms with Crippen LogP contribution in [0.1, 0.15) is 41.5 Å². The molecular weight excluding hydrogens is 240 g/mol. The summed E-state index contributed by atoms with van der Waals surface area (Å²) in [6.45, 7) is 11.3. The van der Waals surface area contributed by atoms with E-state index in [9.17, 15) is 0 Å². The van der Waals surface area contributed by atoms with Gasteiger partial charge in [0.05, 0.1) is 0 Å². The molecule has 2 nitrogen and oxygen atoms in total. The molecule has 18 heavy (non-hydrogen) atoms. The summed E-state index contributed by atoms with van der Waals surface area (Å²) in [5.74, 6) is 0. The highest BCUT2D eigenvalue weighted by molar-refractivity contribution is 7.12. The van der Waals surface area contributed by atoms with Gasteiger partial charge in [0.25, 0.3) is 0 Å². The van der Waals surface area contributed by atoms with Crippen LogP contribution < -0.4 is 10.6 Å². The highest BCUT2D eigenvalue weighted by Crippen LogP contribution is 2.29. The molecule has 1 unspecified atom stereocenters. The molecule has 0 spiro atoms. The van der Waals surface area contributed by atoms with E-state index in [-0.39, 0.29) is 0 Å². The monoisotopic (exact) mass is 266 g/mol. The summed E-state index contributed by atoms with van der Waals surface area (Å²) in [5, 5.41) is 7.23. The maximum absolute atomic E-state index is 3.67. The fourth-order valence-corrected chi connectivity index (χ4v) is 3.82. The molecule has 0 bridgehead atoms. The first-order valence-electron chi connectivity index (χ1n) is 7.12. The Bertz CT molecular complexity index is 358. The summed E-state index contributed by atoms with van der Waals surface area (Å²) in [7, 11) is 0. The van der Waals surface area contributed by atoms with Crippen molar-refractivity contribution in [3.8, 4) is 0 Å². The largest absolute Gasteiger partial charge is 0.316 e. The van der Waals surface area contributed by atoms with E-state index in [1.165, 1.54) is 47.7 Å². The van der Waals surface area contributed by atoms with Crippen LogP contribution in [0.4, 0.5) is 0 Å². The maximum atomic E-state index is 3.67. The number of rotatable bonds is 5. The summed E-state index contributed by atoms with van der Waals surface area (Å²) in [4.78, 5) is 2.93. The summed E-state index contributed by atoms with van der Waals surface area (Å²) in [5.41, 5.74) is 1.92. The van der Waals surface area contributed by atoms with E-state index in [4.69, 9.17) is 0 Å². The Morgan fingerprint density at radius 1 is 1.44 bits per heavy atom. The van der Waals surface area contributed by atoms with Gasteiger partial charge in [0.15, 0.2) is 0 Å². The summed E-state index contributed by atoms with van der Waals surface area (Å²) in [6.07, 6.45) is 3.97. The molecule has 1 aliphatic rings. The first-order chi connectivity index (χ1) is 8.65. The van der Waals surface area contributed by atoms with Gasteiger partial charge >= 0.3 is 0 Å². The van der Waals surface area contributed by atoms with Crippen molar-refractivity contribution in [2.75, 3.05) is 19.6 Å². The fraction of sp³-hybridized carbons (Fsp3) is 0.733. The topological polar surface area (TPSA) is 24.1 Å². The molecule has 1 aromatic rings. The van der Waals surface area contributed by atoms with Gasteiger partial charge in [-0.05, 0) is 56.7 Å². The van der Waals surface area contributed by atoms with Gasteiger partial charge in [0, 0.05) is 29.4 Å². The maximum Gasteiger partial charge on any atom is 0.0300 e. The Morgan fingerprint density at radius 3 is 2.83 bits per heavy atom. The lowest BCUT2D eigenvalue weighted by Crippen LogP contribution is -2.45. The molecule has 102 valence electrons. The van der Waals surface area contributed by atoms with Gasteiger partial charge in [-0.1, -0.05) is 6.92 Å². The average molecular weight is 266 g/mol. The Balaban J connectivity index is 1.83. The van der Waals surface area contributed by atoms with Gasteiger partial charge in [0.2, 0.25) is 0 Å². The molecule has 0 aliphatic carbocycles. The minimum Gasteiger partial charge on any atom is -0.316 e. The van der Waals surface area contributed by atoms with Crippen molar-refractivity contribution in [1.29, 1.82) is 0 Å². The van der Waals surface area contributed by atoms with Crippen LogP contribution in [0.25, 0.3) is 0 Å². The lowest BCUT2D eigenvalue weighted by molar-refractivity contribution is 0.192. The zero-order valence-electron chi connectivity index (χ0n) is 11.9. The Kier molecular flexibility index (Phi) is 4.82. The van der Waals surface area contributed by atoms with Crippen LogP contribution in [0.3, 0.4) is 0 Å². The number of hydrogen-bond donors (Lipinski definition) is 2. The van der Waals surface area contributed by atoms with Crippen LogP contribution in [-0.2, 0) is 6.54 Å². The van der Waals surface area contributed by atoms with E-state index in [2.05, 4.69) is 37.5 Å². The average Bonchev–Trinajstić information content (AvgIpc) is 2.70. The van der Waals surface area contributed by atoms with E-state index in [0.717, 1.165) is 13.1 Å². The second-order valence-corrected chi connectivity index (χ2v) is 7.03. The van der Waals surface area contributed by atoms with Crippen LogP contribution >= 0.6 is 11.3 Å². The molecule has 1 fully saturated rings. The molecule has 2 N–H and O–H groups in total. The van der Waals surface area contributed by atoms with Gasteiger partial charge in [-0.3, -0.25) is 0 Å². The van der Waals surface area contributed by atoms with E-state index in [1.807, 2.05) is 11.3 Å². The fourth-order valence-electron chi connectivity index (χ4n) is 2.80. The minimum atomic E-state index is 0.486. The standard InChI is InChI=1S/C15H26N2S/c1-4-15(6-5-7-16-10-15)11-17-9-14-8-12(2)13(3)18-14/h8,16-17H,4-7,9-11H2,1-3H3. The predicted molar refractivity (Wildman–Crippen MR) is 80.3 cm³/mol. The number of aryl methyl sites for hydroxylation is 2. The Labute approximate surface area is 115 Å². The van der Waals surface area contributed by atoms with Crippen molar-refractivity contribution in [2.24, 2.45) is 5.41 Å². The first kappa shape index (κ1) is 14.0. The Hall–Kier alpha value is -0.380. The molecule has 1 saturated heterocycles. The van der Waals surface area contributed by atoms with Gasteiger partial charge < -0.3 is 10.6 Å².